The van der Waals surface area contributed by atoms with Crippen molar-refractivity contribution in [2.24, 2.45) is 0 Å². The first-order chi connectivity index (χ1) is 12.3. The molecule has 1 unspecified atom stereocenters. The Labute approximate surface area is 147 Å². The molecule has 1 aromatic carbocycles. The second-order valence-corrected chi connectivity index (χ2v) is 7.78. The third-order valence-corrected chi connectivity index (χ3v) is 5.75. The molecule has 0 spiro atoms. The van der Waals surface area contributed by atoms with Crippen LogP contribution in [0.2, 0.25) is 0 Å². The number of cyclic esters (lactones) is 1. The summed E-state index contributed by atoms with van der Waals surface area (Å²) in [7, 11) is -4.39. The minimum Gasteiger partial charge on any atom is -0.489 e. The Kier molecular flexibility index (Phi) is 3.59. The molecule has 1 amide bonds. The average molecular weight is 382 g/mol. The normalized spacial score (nSPS) is 23.0. The van der Waals surface area contributed by atoms with E-state index < -0.39 is 39.4 Å². The van der Waals surface area contributed by atoms with Crippen LogP contribution in [0.1, 0.15) is 6.92 Å². The van der Waals surface area contributed by atoms with Crippen molar-refractivity contribution in [3.05, 3.63) is 41.2 Å². The van der Waals surface area contributed by atoms with Crippen molar-refractivity contribution in [2.75, 3.05) is 11.5 Å². The smallest absolute Gasteiger partial charge is 0.423 e. The summed E-state index contributed by atoms with van der Waals surface area (Å²) in [6.45, 7) is 1.24. The Morgan fingerprint density at radius 3 is 2.73 bits per heavy atom. The molecule has 0 bridgehead atoms. The minimum atomic E-state index is -4.39. The number of nitrogens with zero attached hydrogens (tertiary/aromatic N) is 2. The van der Waals surface area contributed by atoms with E-state index in [2.05, 4.69) is 0 Å². The van der Waals surface area contributed by atoms with Crippen LogP contribution < -0.4 is 15.4 Å². The molecule has 0 aliphatic carbocycles. The fourth-order valence-corrected chi connectivity index (χ4v) is 3.74. The largest absolute Gasteiger partial charge is 0.489 e. The molecule has 2 aromatic rings. The highest BCUT2D eigenvalue weighted by Crippen LogP contribution is 2.40. The third kappa shape index (κ3) is 2.47. The summed E-state index contributed by atoms with van der Waals surface area (Å²) in [4.78, 5) is 25.2. The third-order valence-electron chi connectivity index (χ3n) is 4.54. The highest BCUT2D eigenvalue weighted by molar-refractivity contribution is 7.86. The zero-order valence-corrected chi connectivity index (χ0v) is 14.3. The van der Waals surface area contributed by atoms with Crippen molar-refractivity contribution in [2.45, 2.75) is 24.3 Å². The van der Waals surface area contributed by atoms with E-state index in [0.29, 0.717) is 17.1 Å². The lowest BCUT2D eigenvalue weighted by Crippen LogP contribution is -2.49. The predicted octanol–water partition coefficient (Wildman–Crippen LogP) is 0.793. The topological polar surface area (TPSA) is 128 Å². The summed E-state index contributed by atoms with van der Waals surface area (Å²) in [6, 6.07) is 4.02. The van der Waals surface area contributed by atoms with Gasteiger partial charge in [-0.2, -0.15) is 8.42 Å². The maximum Gasteiger partial charge on any atom is 0.423 e. The molecular weight excluding hydrogens is 368 g/mol. The van der Waals surface area contributed by atoms with E-state index in [1.54, 1.807) is 18.2 Å². The predicted molar refractivity (Wildman–Crippen MR) is 87.3 cm³/mol. The first kappa shape index (κ1) is 16.7. The summed E-state index contributed by atoms with van der Waals surface area (Å²) in [5.74, 6) is -0.231. The number of carbonyl (C=O) groups excluding carboxylic acids is 1. The van der Waals surface area contributed by atoms with Crippen molar-refractivity contribution in [3.8, 4) is 11.4 Å². The van der Waals surface area contributed by atoms with Gasteiger partial charge in [-0.1, -0.05) is 0 Å². The molecule has 4 rings (SSSR count). The van der Waals surface area contributed by atoms with Gasteiger partial charge in [0.1, 0.15) is 36.0 Å². The molecule has 26 heavy (non-hydrogen) atoms. The number of hydrogen-bond donors (Lipinski definition) is 1. The Bertz CT molecular complexity index is 1040. The Balaban J connectivity index is 1.71. The summed E-state index contributed by atoms with van der Waals surface area (Å²) in [5, 5.41) is -1.30. The molecular formula is C15H14N2O8S. The molecule has 2 aliphatic heterocycles. The molecule has 1 aromatic heterocycles. The molecule has 10 nitrogen and oxygen atoms in total. The summed E-state index contributed by atoms with van der Waals surface area (Å²) in [5.41, 5.74) is 0.868. The van der Waals surface area contributed by atoms with Crippen LogP contribution >= 0.6 is 0 Å². The molecule has 3 heterocycles. The quantitative estimate of drug-likeness (QED) is 0.772. The zero-order valence-electron chi connectivity index (χ0n) is 13.4. The molecule has 1 fully saturated rings. The summed E-state index contributed by atoms with van der Waals surface area (Å²) >= 11 is 0. The summed E-state index contributed by atoms with van der Waals surface area (Å²) < 4.78 is 48.9. The van der Waals surface area contributed by atoms with Crippen molar-refractivity contribution in [1.29, 1.82) is 0 Å². The first-order valence-corrected chi connectivity index (χ1v) is 9.17. The maximum atomic E-state index is 12.3. The molecule has 138 valence electrons. The molecule has 1 N–H and O–H groups in total. The molecule has 11 heteroatoms. The van der Waals surface area contributed by atoms with Gasteiger partial charge in [0.25, 0.3) is 10.1 Å². The van der Waals surface area contributed by atoms with Gasteiger partial charge in [0.15, 0.2) is 0 Å². The number of hydrogen-bond acceptors (Lipinski definition) is 7. The number of rotatable bonds is 3. The van der Waals surface area contributed by atoms with Gasteiger partial charge in [-0.05, 0) is 19.1 Å². The fraction of sp³-hybridized carbons (Fsp3) is 0.333. The highest BCUT2D eigenvalue weighted by atomic mass is 32.2. The second-order valence-electron chi connectivity index (χ2n) is 6.01. The monoisotopic (exact) mass is 382 g/mol. The van der Waals surface area contributed by atoms with E-state index in [9.17, 15) is 22.6 Å². The average Bonchev–Trinajstić information content (AvgIpc) is 3.16. The van der Waals surface area contributed by atoms with Gasteiger partial charge < -0.3 is 13.9 Å². The van der Waals surface area contributed by atoms with Gasteiger partial charge in [0.05, 0.1) is 17.6 Å². The van der Waals surface area contributed by atoms with Gasteiger partial charge in [-0.3, -0.25) is 9.45 Å². The maximum absolute atomic E-state index is 12.3. The lowest BCUT2D eigenvalue weighted by atomic mass is 10.1. The van der Waals surface area contributed by atoms with Gasteiger partial charge >= 0.3 is 11.8 Å². The zero-order chi connectivity index (χ0) is 18.6. The highest BCUT2D eigenvalue weighted by Gasteiger charge is 2.51. The number of amides is 1. The standard InChI is InChI=1S/C15H14N2O8S/c1-8(26(20,21)22)13-11-7-24-12-6-9(16-4-5-23-14(16)18)2-3-10(12)17(11)15(19)25-13/h2-6,8,11,13H,7H2,1H3,(H,20,21,22)/t8?,11-,13-/m0/s1. The van der Waals surface area contributed by atoms with Gasteiger partial charge in [-0.25, -0.2) is 14.2 Å². The van der Waals surface area contributed by atoms with Crippen LogP contribution in [0, 0.1) is 0 Å². The lowest BCUT2D eigenvalue weighted by molar-refractivity contribution is 0.119. The molecule has 0 radical (unpaired) electrons. The van der Waals surface area contributed by atoms with Crippen LogP contribution in [0.4, 0.5) is 10.5 Å². The van der Waals surface area contributed by atoms with Crippen LogP contribution in [0.5, 0.6) is 5.75 Å². The van der Waals surface area contributed by atoms with E-state index in [1.165, 1.54) is 28.9 Å². The summed E-state index contributed by atoms with van der Waals surface area (Å²) in [6.07, 6.45) is 0.900. The van der Waals surface area contributed by atoms with E-state index >= 15 is 0 Å². The second kappa shape index (κ2) is 5.61. The Morgan fingerprint density at radius 2 is 2.08 bits per heavy atom. The number of oxazole rings is 1. The van der Waals surface area contributed by atoms with Crippen molar-refractivity contribution in [3.63, 3.8) is 0 Å². The van der Waals surface area contributed by atoms with E-state index in [1.807, 2.05) is 0 Å². The van der Waals surface area contributed by atoms with Gasteiger partial charge in [-0.15, -0.1) is 0 Å². The number of ether oxygens (including phenoxy) is 2. The molecule has 1 saturated heterocycles. The fourth-order valence-electron chi connectivity index (χ4n) is 3.16. The number of carbonyl (C=O) groups is 1. The van der Waals surface area contributed by atoms with Gasteiger partial charge in [0.2, 0.25) is 0 Å². The van der Waals surface area contributed by atoms with Crippen LogP contribution in [0.25, 0.3) is 5.69 Å². The number of anilines is 1. The van der Waals surface area contributed by atoms with Crippen molar-refractivity contribution < 1.29 is 31.7 Å². The van der Waals surface area contributed by atoms with Crippen LogP contribution in [-0.4, -0.2) is 47.6 Å². The molecule has 0 saturated carbocycles. The van der Waals surface area contributed by atoms with Crippen LogP contribution in [-0.2, 0) is 14.9 Å². The number of fused-ring (bicyclic) bond motifs is 3. The van der Waals surface area contributed by atoms with Crippen molar-refractivity contribution >= 4 is 21.9 Å². The van der Waals surface area contributed by atoms with E-state index in [0.717, 1.165) is 0 Å². The first-order valence-electron chi connectivity index (χ1n) is 7.67. The van der Waals surface area contributed by atoms with Crippen LogP contribution in [0.15, 0.2) is 39.9 Å². The van der Waals surface area contributed by atoms with E-state index in [4.69, 9.17) is 13.9 Å². The van der Waals surface area contributed by atoms with E-state index in [-0.39, 0.29) is 6.61 Å². The Hall–Kier alpha value is -2.79. The molecule has 2 aliphatic rings. The van der Waals surface area contributed by atoms with Crippen molar-refractivity contribution in [1.82, 2.24) is 4.57 Å². The lowest BCUT2D eigenvalue weighted by Gasteiger charge is -2.32. The Morgan fingerprint density at radius 1 is 1.31 bits per heavy atom. The van der Waals surface area contributed by atoms with Crippen LogP contribution in [0.3, 0.4) is 0 Å². The SMILES string of the molecule is CC([C@@H]1OC(=O)N2c3ccc(-n4ccoc4=O)cc3OC[C@@H]12)S(=O)(=O)O. The molecule has 3 atom stereocenters. The minimum absolute atomic E-state index is 0.0208. The number of benzene rings is 1. The number of aromatic nitrogens is 1. The van der Waals surface area contributed by atoms with Gasteiger partial charge in [0, 0.05) is 6.07 Å².